The minimum absolute atomic E-state index is 0.0272. The van der Waals surface area contributed by atoms with Crippen LogP contribution in [0, 0.1) is 5.92 Å². The Balaban J connectivity index is 2.11. The number of aromatic amines is 1. The van der Waals surface area contributed by atoms with E-state index in [0.29, 0.717) is 12.5 Å². The number of aromatic nitrogens is 2. The molecule has 1 aliphatic carbocycles. The predicted molar refractivity (Wildman–Crippen MR) is 81.8 cm³/mol. The minimum Gasteiger partial charge on any atom is -0.310 e. The van der Waals surface area contributed by atoms with Crippen molar-refractivity contribution >= 4 is 0 Å². The van der Waals surface area contributed by atoms with Crippen LogP contribution in [0.1, 0.15) is 70.8 Å². The van der Waals surface area contributed by atoms with Crippen molar-refractivity contribution in [2.45, 2.75) is 71.4 Å². The monoisotopic (exact) mass is 277 g/mol. The average Bonchev–Trinajstić information content (AvgIpc) is 2.84. The van der Waals surface area contributed by atoms with Gasteiger partial charge in [-0.15, -0.1) is 0 Å². The molecule has 0 aromatic carbocycles. The summed E-state index contributed by atoms with van der Waals surface area (Å²) in [7, 11) is 0. The molecule has 20 heavy (non-hydrogen) atoms. The van der Waals surface area contributed by atoms with E-state index in [-0.39, 0.29) is 11.1 Å². The molecule has 4 nitrogen and oxygen atoms in total. The second-order valence-corrected chi connectivity index (χ2v) is 7.01. The normalized spacial score (nSPS) is 23.2. The Morgan fingerprint density at radius 3 is 2.75 bits per heavy atom. The Labute approximate surface area is 121 Å². The van der Waals surface area contributed by atoms with Gasteiger partial charge in [-0.05, 0) is 46.0 Å². The molecular weight excluding hydrogens is 250 g/mol. The summed E-state index contributed by atoms with van der Waals surface area (Å²) in [5.41, 5.74) is 0.852. The van der Waals surface area contributed by atoms with Gasteiger partial charge in [0, 0.05) is 24.1 Å². The van der Waals surface area contributed by atoms with Crippen molar-refractivity contribution in [2.24, 2.45) is 5.92 Å². The third kappa shape index (κ3) is 4.17. The van der Waals surface area contributed by atoms with Crippen LogP contribution in [0.3, 0.4) is 0 Å². The molecule has 1 saturated carbocycles. The van der Waals surface area contributed by atoms with Crippen LogP contribution in [0.2, 0.25) is 0 Å². The molecule has 1 aromatic heterocycles. The fraction of sp³-hybridized carbons (Fsp3) is 0.750. The van der Waals surface area contributed by atoms with Crippen LogP contribution in [0.25, 0.3) is 0 Å². The maximum atomic E-state index is 11.8. The third-order valence-corrected chi connectivity index (χ3v) is 4.12. The van der Waals surface area contributed by atoms with Crippen LogP contribution in [0.4, 0.5) is 0 Å². The molecule has 1 aliphatic rings. The van der Waals surface area contributed by atoms with E-state index in [2.05, 4.69) is 43.0 Å². The van der Waals surface area contributed by atoms with Gasteiger partial charge in [0.1, 0.15) is 5.82 Å². The molecule has 1 aromatic rings. The lowest BCUT2D eigenvalue weighted by atomic mass is 10.0. The number of H-pyrrole nitrogens is 1. The first-order chi connectivity index (χ1) is 9.37. The Hall–Kier alpha value is -1.16. The second-order valence-electron chi connectivity index (χ2n) is 7.01. The number of hydrogen-bond acceptors (Lipinski definition) is 3. The maximum Gasteiger partial charge on any atom is 0.251 e. The van der Waals surface area contributed by atoms with E-state index in [0.717, 1.165) is 30.3 Å². The summed E-state index contributed by atoms with van der Waals surface area (Å²) in [4.78, 5) is 19.4. The summed E-state index contributed by atoms with van der Waals surface area (Å²) < 4.78 is 0. The maximum absolute atomic E-state index is 11.8. The van der Waals surface area contributed by atoms with E-state index >= 15 is 0 Å². The summed E-state index contributed by atoms with van der Waals surface area (Å²) in [5.74, 6) is 2.11. The summed E-state index contributed by atoms with van der Waals surface area (Å²) in [6.07, 6.45) is 4.80. The molecule has 0 saturated heterocycles. The van der Waals surface area contributed by atoms with Crippen molar-refractivity contribution in [1.82, 2.24) is 15.3 Å². The van der Waals surface area contributed by atoms with Crippen molar-refractivity contribution in [2.75, 3.05) is 0 Å². The van der Waals surface area contributed by atoms with Crippen LogP contribution in [0.15, 0.2) is 10.9 Å². The Morgan fingerprint density at radius 1 is 1.40 bits per heavy atom. The number of hydrogen-bond donors (Lipinski definition) is 2. The molecule has 2 N–H and O–H groups in total. The van der Waals surface area contributed by atoms with Gasteiger partial charge in [0.15, 0.2) is 0 Å². The molecule has 0 amide bonds. The first-order valence-corrected chi connectivity index (χ1v) is 7.72. The van der Waals surface area contributed by atoms with Gasteiger partial charge in [-0.25, -0.2) is 4.98 Å². The van der Waals surface area contributed by atoms with E-state index in [1.807, 2.05) is 0 Å². The smallest absolute Gasteiger partial charge is 0.251 e. The molecule has 0 bridgehead atoms. The van der Waals surface area contributed by atoms with Gasteiger partial charge in [0.2, 0.25) is 0 Å². The number of nitrogens with zero attached hydrogens (tertiary/aromatic N) is 1. The molecule has 2 unspecified atom stereocenters. The lowest BCUT2D eigenvalue weighted by Gasteiger charge is -2.20. The summed E-state index contributed by atoms with van der Waals surface area (Å²) in [6.45, 7) is 9.23. The van der Waals surface area contributed by atoms with Crippen molar-refractivity contribution in [3.63, 3.8) is 0 Å². The van der Waals surface area contributed by atoms with Crippen LogP contribution < -0.4 is 10.9 Å². The quantitative estimate of drug-likeness (QED) is 0.889. The zero-order chi connectivity index (χ0) is 14.8. The van der Waals surface area contributed by atoms with E-state index < -0.39 is 0 Å². The fourth-order valence-electron chi connectivity index (χ4n) is 2.86. The largest absolute Gasteiger partial charge is 0.310 e. The van der Waals surface area contributed by atoms with E-state index in [9.17, 15) is 4.79 Å². The second kappa shape index (κ2) is 6.08. The first kappa shape index (κ1) is 15.2. The predicted octanol–water partition coefficient (Wildman–Crippen LogP) is 2.95. The van der Waals surface area contributed by atoms with Crippen LogP contribution >= 0.6 is 0 Å². The van der Waals surface area contributed by atoms with Gasteiger partial charge in [0.05, 0.1) is 5.69 Å². The standard InChI is InChI=1S/C16H27N3O/c1-5-11-6-7-12(8-11)15-18-13(9-14(20)19-15)10-17-16(2,3)4/h9,11-12,17H,5-8,10H2,1-4H3,(H,18,19,20). The third-order valence-electron chi connectivity index (χ3n) is 4.12. The fourth-order valence-corrected chi connectivity index (χ4v) is 2.86. The van der Waals surface area contributed by atoms with Gasteiger partial charge in [0.25, 0.3) is 5.56 Å². The van der Waals surface area contributed by atoms with Crippen LogP contribution in [-0.2, 0) is 6.54 Å². The van der Waals surface area contributed by atoms with E-state index in [1.54, 1.807) is 6.07 Å². The molecule has 2 atom stereocenters. The number of nitrogens with one attached hydrogen (secondary N) is 2. The highest BCUT2D eigenvalue weighted by molar-refractivity contribution is 5.08. The minimum atomic E-state index is -0.0272. The van der Waals surface area contributed by atoms with Crippen molar-refractivity contribution in [1.29, 1.82) is 0 Å². The molecule has 1 fully saturated rings. The summed E-state index contributed by atoms with van der Waals surface area (Å²) >= 11 is 0. The zero-order valence-corrected chi connectivity index (χ0v) is 13.1. The highest BCUT2D eigenvalue weighted by atomic mass is 16.1. The van der Waals surface area contributed by atoms with Crippen molar-refractivity contribution in [3.8, 4) is 0 Å². The molecule has 2 rings (SSSR count). The van der Waals surface area contributed by atoms with Gasteiger partial charge >= 0.3 is 0 Å². The van der Waals surface area contributed by atoms with Crippen molar-refractivity contribution in [3.05, 3.63) is 27.9 Å². The molecule has 112 valence electrons. The van der Waals surface area contributed by atoms with Gasteiger partial charge in [-0.2, -0.15) is 0 Å². The highest BCUT2D eigenvalue weighted by Crippen LogP contribution is 2.37. The number of rotatable bonds is 4. The Bertz CT molecular complexity index is 501. The van der Waals surface area contributed by atoms with Gasteiger partial charge < -0.3 is 10.3 Å². The summed E-state index contributed by atoms with van der Waals surface area (Å²) in [5, 5.41) is 3.39. The molecule has 1 heterocycles. The first-order valence-electron chi connectivity index (χ1n) is 7.72. The molecular formula is C16H27N3O. The molecule has 0 spiro atoms. The molecule has 0 aliphatic heterocycles. The molecule has 4 heteroatoms. The lowest BCUT2D eigenvalue weighted by Crippen LogP contribution is -2.35. The molecule has 0 radical (unpaired) electrons. The van der Waals surface area contributed by atoms with Gasteiger partial charge in [-0.3, -0.25) is 4.79 Å². The SMILES string of the molecule is CCC1CCC(c2nc(CNC(C)(C)C)cc(=O)[nH]2)C1. The van der Waals surface area contributed by atoms with Gasteiger partial charge in [-0.1, -0.05) is 13.3 Å². The zero-order valence-electron chi connectivity index (χ0n) is 13.1. The highest BCUT2D eigenvalue weighted by Gasteiger charge is 2.26. The van der Waals surface area contributed by atoms with Crippen LogP contribution in [-0.4, -0.2) is 15.5 Å². The van der Waals surface area contributed by atoms with E-state index in [4.69, 9.17) is 0 Å². The summed E-state index contributed by atoms with van der Waals surface area (Å²) in [6, 6.07) is 1.61. The lowest BCUT2D eigenvalue weighted by molar-refractivity contribution is 0.420. The van der Waals surface area contributed by atoms with Crippen LogP contribution in [0.5, 0.6) is 0 Å². The van der Waals surface area contributed by atoms with E-state index in [1.165, 1.54) is 12.8 Å². The topological polar surface area (TPSA) is 57.8 Å². The average molecular weight is 277 g/mol. The Morgan fingerprint density at radius 2 is 2.15 bits per heavy atom. The Kier molecular flexibility index (Phi) is 4.63. The van der Waals surface area contributed by atoms with Crippen molar-refractivity contribution < 1.29 is 0 Å².